The molecule has 0 bridgehead atoms. The van der Waals surface area contributed by atoms with Crippen molar-refractivity contribution in [2.45, 2.75) is 6.92 Å². The van der Waals surface area contributed by atoms with E-state index >= 15 is 0 Å². The van der Waals surface area contributed by atoms with Gasteiger partial charge in [0.2, 0.25) is 0 Å². The second-order valence-corrected chi connectivity index (χ2v) is 5.49. The third kappa shape index (κ3) is 1.72. The first-order chi connectivity index (χ1) is 9.70. The maximum atomic E-state index is 5.17. The van der Waals surface area contributed by atoms with Crippen molar-refractivity contribution < 1.29 is 4.52 Å². The van der Waals surface area contributed by atoms with Gasteiger partial charge < -0.3 is 9.51 Å². The highest BCUT2D eigenvalue weighted by Crippen LogP contribution is 2.29. The predicted octanol–water partition coefficient (Wildman–Crippen LogP) is 3.84. The normalized spacial score (nSPS) is 11.5. The van der Waals surface area contributed by atoms with Crippen LogP contribution < -0.4 is 0 Å². The molecular weight excluding hydrogens is 320 g/mol. The quantitative estimate of drug-likeness (QED) is 0.576. The second kappa shape index (κ2) is 4.14. The Morgan fingerprint density at radius 3 is 2.80 bits per heavy atom. The Hall–Kier alpha value is -2.21. The van der Waals surface area contributed by atoms with E-state index in [-0.39, 0.29) is 0 Å². The molecular formula is C14H9BrN4O. The molecule has 0 amide bonds. The lowest BCUT2D eigenvalue weighted by Crippen LogP contribution is -1.83. The molecule has 0 radical (unpaired) electrons. The number of rotatable bonds is 1. The van der Waals surface area contributed by atoms with Crippen LogP contribution in [0.3, 0.4) is 0 Å². The molecule has 0 atom stereocenters. The lowest BCUT2D eigenvalue weighted by Gasteiger charge is -1.95. The first-order valence-corrected chi connectivity index (χ1v) is 6.88. The van der Waals surface area contributed by atoms with Gasteiger partial charge in [0.15, 0.2) is 5.82 Å². The highest BCUT2D eigenvalue weighted by atomic mass is 79.9. The minimum absolute atomic E-state index is 0.439. The van der Waals surface area contributed by atoms with Crippen LogP contribution in [0.2, 0.25) is 0 Å². The van der Waals surface area contributed by atoms with Crippen molar-refractivity contribution in [2.75, 3.05) is 0 Å². The summed E-state index contributed by atoms with van der Waals surface area (Å²) in [6.45, 7) is 1.79. The number of nitrogens with zero attached hydrogens (tertiary/aromatic N) is 3. The number of halogens is 1. The SMILES string of the molecule is Cc1noc(-c2cc3c(cn2)[nH]c2ccc(Br)cc23)n1. The number of aryl methyl sites for hydroxylation is 1. The molecule has 0 spiro atoms. The Kier molecular flexibility index (Phi) is 2.40. The average molecular weight is 329 g/mol. The zero-order chi connectivity index (χ0) is 13.7. The van der Waals surface area contributed by atoms with Crippen molar-refractivity contribution in [1.82, 2.24) is 20.1 Å². The number of H-pyrrole nitrogens is 1. The van der Waals surface area contributed by atoms with Crippen LogP contribution >= 0.6 is 15.9 Å². The minimum Gasteiger partial charge on any atom is -0.353 e. The van der Waals surface area contributed by atoms with Crippen LogP contribution in [-0.2, 0) is 0 Å². The molecule has 1 N–H and O–H groups in total. The summed E-state index contributed by atoms with van der Waals surface area (Å²) in [4.78, 5) is 11.9. The molecule has 0 fully saturated rings. The summed E-state index contributed by atoms with van der Waals surface area (Å²) >= 11 is 3.50. The number of pyridine rings is 1. The van der Waals surface area contributed by atoms with Crippen molar-refractivity contribution >= 4 is 37.7 Å². The van der Waals surface area contributed by atoms with Gasteiger partial charge in [-0.15, -0.1) is 0 Å². The van der Waals surface area contributed by atoms with Crippen LogP contribution in [-0.4, -0.2) is 20.1 Å². The third-order valence-electron chi connectivity index (χ3n) is 3.19. The first kappa shape index (κ1) is 11.6. The summed E-state index contributed by atoms with van der Waals surface area (Å²) in [5, 5.41) is 6.01. The van der Waals surface area contributed by atoms with Gasteiger partial charge in [0.1, 0.15) is 5.69 Å². The number of hydrogen-bond donors (Lipinski definition) is 1. The Bertz CT molecular complexity index is 941. The highest BCUT2D eigenvalue weighted by Gasteiger charge is 2.11. The molecule has 0 saturated heterocycles. The molecule has 98 valence electrons. The Morgan fingerprint density at radius 2 is 2.00 bits per heavy atom. The fourth-order valence-corrected chi connectivity index (χ4v) is 2.65. The number of fused-ring (bicyclic) bond motifs is 3. The van der Waals surface area contributed by atoms with E-state index in [9.17, 15) is 0 Å². The Morgan fingerprint density at radius 1 is 1.15 bits per heavy atom. The minimum atomic E-state index is 0.439. The van der Waals surface area contributed by atoms with Crippen LogP contribution in [0, 0.1) is 6.92 Å². The molecule has 0 saturated carbocycles. The van der Waals surface area contributed by atoms with Gasteiger partial charge >= 0.3 is 0 Å². The van der Waals surface area contributed by atoms with Gasteiger partial charge in [-0.05, 0) is 31.2 Å². The van der Waals surface area contributed by atoms with E-state index in [4.69, 9.17) is 4.52 Å². The van der Waals surface area contributed by atoms with Crippen LogP contribution in [0.1, 0.15) is 5.82 Å². The van der Waals surface area contributed by atoms with Crippen LogP contribution in [0.15, 0.2) is 39.5 Å². The maximum Gasteiger partial charge on any atom is 0.276 e. The fourth-order valence-electron chi connectivity index (χ4n) is 2.29. The summed E-state index contributed by atoms with van der Waals surface area (Å²) in [5.41, 5.74) is 2.74. The maximum absolute atomic E-state index is 5.17. The van der Waals surface area contributed by atoms with E-state index in [1.54, 1.807) is 13.1 Å². The van der Waals surface area contributed by atoms with Gasteiger partial charge in [-0.2, -0.15) is 4.98 Å². The van der Waals surface area contributed by atoms with Gasteiger partial charge in [0.05, 0.1) is 11.7 Å². The predicted molar refractivity (Wildman–Crippen MR) is 79.3 cm³/mol. The fraction of sp³-hybridized carbons (Fsp3) is 0.0714. The van der Waals surface area contributed by atoms with E-state index in [1.807, 2.05) is 18.2 Å². The number of aromatic amines is 1. The van der Waals surface area contributed by atoms with Crippen LogP contribution in [0.5, 0.6) is 0 Å². The van der Waals surface area contributed by atoms with Crippen LogP contribution in [0.25, 0.3) is 33.4 Å². The summed E-state index contributed by atoms with van der Waals surface area (Å²) in [5.74, 6) is 1.04. The Labute approximate surface area is 122 Å². The smallest absolute Gasteiger partial charge is 0.276 e. The summed E-state index contributed by atoms with van der Waals surface area (Å²) < 4.78 is 6.21. The largest absolute Gasteiger partial charge is 0.353 e. The highest BCUT2D eigenvalue weighted by molar-refractivity contribution is 9.10. The lowest BCUT2D eigenvalue weighted by molar-refractivity contribution is 0.424. The summed E-state index contributed by atoms with van der Waals surface area (Å²) in [6, 6.07) is 8.09. The molecule has 5 nitrogen and oxygen atoms in total. The van der Waals surface area contributed by atoms with E-state index in [0.29, 0.717) is 17.4 Å². The van der Waals surface area contributed by atoms with Gasteiger partial charge in [-0.25, -0.2) is 4.98 Å². The molecule has 0 aliphatic rings. The molecule has 4 aromatic rings. The molecule has 0 aliphatic carbocycles. The second-order valence-electron chi connectivity index (χ2n) is 4.58. The first-order valence-electron chi connectivity index (χ1n) is 6.08. The van der Waals surface area contributed by atoms with Gasteiger partial charge in [-0.1, -0.05) is 21.1 Å². The van der Waals surface area contributed by atoms with Crippen molar-refractivity contribution in [3.63, 3.8) is 0 Å². The molecule has 4 rings (SSSR count). The molecule has 20 heavy (non-hydrogen) atoms. The average Bonchev–Trinajstić information content (AvgIpc) is 3.02. The Balaban J connectivity index is 2.02. The van der Waals surface area contributed by atoms with Crippen molar-refractivity contribution in [2.24, 2.45) is 0 Å². The molecule has 1 aromatic carbocycles. The van der Waals surface area contributed by atoms with Crippen molar-refractivity contribution in [1.29, 1.82) is 0 Å². The zero-order valence-corrected chi connectivity index (χ0v) is 12.1. The third-order valence-corrected chi connectivity index (χ3v) is 3.69. The van der Waals surface area contributed by atoms with Crippen molar-refractivity contribution in [3.05, 3.63) is 40.8 Å². The topological polar surface area (TPSA) is 67.6 Å². The summed E-state index contributed by atoms with van der Waals surface area (Å²) in [6.07, 6.45) is 1.79. The zero-order valence-electron chi connectivity index (χ0n) is 10.5. The number of benzene rings is 1. The van der Waals surface area contributed by atoms with Gasteiger partial charge in [0.25, 0.3) is 5.89 Å². The summed E-state index contributed by atoms with van der Waals surface area (Å²) in [7, 11) is 0. The van der Waals surface area contributed by atoms with Gasteiger partial charge in [0, 0.05) is 20.8 Å². The van der Waals surface area contributed by atoms with E-state index in [1.165, 1.54) is 0 Å². The molecule has 0 unspecified atom stereocenters. The van der Waals surface area contributed by atoms with E-state index in [2.05, 4.69) is 42.1 Å². The number of hydrogen-bond acceptors (Lipinski definition) is 4. The van der Waals surface area contributed by atoms with E-state index in [0.717, 1.165) is 26.3 Å². The van der Waals surface area contributed by atoms with E-state index < -0.39 is 0 Å². The molecule has 0 aliphatic heterocycles. The van der Waals surface area contributed by atoms with Gasteiger partial charge in [-0.3, -0.25) is 0 Å². The number of aromatic nitrogens is 4. The monoisotopic (exact) mass is 328 g/mol. The molecule has 3 aromatic heterocycles. The lowest BCUT2D eigenvalue weighted by atomic mass is 10.1. The number of nitrogens with one attached hydrogen (secondary N) is 1. The molecule has 6 heteroatoms. The molecule has 3 heterocycles. The van der Waals surface area contributed by atoms with Crippen LogP contribution in [0.4, 0.5) is 0 Å². The standard InChI is InChI=1S/C14H9BrN4O/c1-7-17-14(20-19-7)12-5-10-9-4-8(15)2-3-11(9)18-13(10)6-16-12/h2-6,18H,1H3. The van der Waals surface area contributed by atoms with Crippen molar-refractivity contribution in [3.8, 4) is 11.6 Å².